The molecule has 0 saturated carbocycles. The van der Waals surface area contributed by atoms with Crippen LogP contribution in [0.2, 0.25) is 0 Å². The van der Waals surface area contributed by atoms with E-state index in [9.17, 15) is 9.18 Å². The van der Waals surface area contributed by atoms with Gasteiger partial charge in [-0.25, -0.2) is 4.39 Å². The number of piperazine rings is 1. The Labute approximate surface area is 212 Å². The topological polar surface area (TPSA) is 86.0 Å². The first-order valence-corrected chi connectivity index (χ1v) is 11.2. The van der Waals surface area contributed by atoms with Crippen molar-refractivity contribution >= 4 is 41.5 Å². The van der Waals surface area contributed by atoms with Gasteiger partial charge in [-0.05, 0) is 30.7 Å². The molecule has 1 aromatic carbocycles. The number of rotatable bonds is 8. The predicted molar refractivity (Wildman–Crippen MR) is 139 cm³/mol. The first-order valence-electron chi connectivity index (χ1n) is 11.2. The summed E-state index contributed by atoms with van der Waals surface area (Å²) in [5.74, 6) is 1.41. The lowest BCUT2D eigenvalue weighted by atomic mass is 10.1. The minimum atomic E-state index is -0.238. The molecule has 0 atom stereocenters. The van der Waals surface area contributed by atoms with Crippen LogP contribution in [-0.4, -0.2) is 61.7 Å². The van der Waals surface area contributed by atoms with E-state index in [1.807, 2.05) is 11.8 Å². The number of halogens is 2. The maximum Gasteiger partial charge on any atom is 0.224 e. The molecule has 33 heavy (non-hydrogen) atoms. The molecule has 1 aliphatic heterocycles. The quantitative estimate of drug-likeness (QED) is 0.288. The highest BCUT2D eigenvalue weighted by Crippen LogP contribution is 2.17. The van der Waals surface area contributed by atoms with Gasteiger partial charge < -0.3 is 25.0 Å². The summed E-state index contributed by atoms with van der Waals surface area (Å²) in [5.41, 5.74) is 3.02. The number of aromatic nitrogens is 1. The van der Waals surface area contributed by atoms with Gasteiger partial charge in [-0.1, -0.05) is 19.0 Å². The third-order valence-electron chi connectivity index (χ3n) is 5.72. The number of aryl methyl sites for hydroxylation is 2. The molecule has 2 heterocycles. The van der Waals surface area contributed by atoms with Gasteiger partial charge in [0.2, 0.25) is 5.91 Å². The van der Waals surface area contributed by atoms with E-state index in [1.165, 1.54) is 12.1 Å². The number of anilines is 1. The fourth-order valence-electron chi connectivity index (χ4n) is 3.84. The van der Waals surface area contributed by atoms with Gasteiger partial charge in [-0.3, -0.25) is 9.79 Å². The molecule has 1 amide bonds. The molecule has 0 spiro atoms. The summed E-state index contributed by atoms with van der Waals surface area (Å²) < 4.78 is 18.5. The standard InChI is InChI=1S/C23H33FN6O2.HI/c1-4-20-19(21(5-2)32-28-20)16-27-23(25-3)26-11-10-22(31)30-14-12-29(13-15-30)18-8-6-17(24)7-9-18;/h6-9H,4-5,10-16H2,1-3H3,(H2,25,26,27);1H. The smallest absolute Gasteiger partial charge is 0.224 e. The van der Waals surface area contributed by atoms with Gasteiger partial charge in [0.1, 0.15) is 11.6 Å². The lowest BCUT2D eigenvalue weighted by Gasteiger charge is -2.36. The number of carbonyl (C=O) groups excluding carboxylic acids is 1. The lowest BCUT2D eigenvalue weighted by molar-refractivity contribution is -0.131. The number of aliphatic imine (C=N–C) groups is 1. The van der Waals surface area contributed by atoms with Gasteiger partial charge >= 0.3 is 0 Å². The average Bonchev–Trinajstić information content (AvgIpc) is 3.23. The van der Waals surface area contributed by atoms with Crippen LogP contribution in [0.25, 0.3) is 0 Å². The average molecular weight is 572 g/mol. The highest BCUT2D eigenvalue weighted by atomic mass is 127. The number of hydrogen-bond acceptors (Lipinski definition) is 5. The molecule has 0 radical (unpaired) electrons. The molecule has 3 rings (SSSR count). The van der Waals surface area contributed by atoms with E-state index in [0.29, 0.717) is 38.6 Å². The van der Waals surface area contributed by atoms with E-state index in [-0.39, 0.29) is 35.7 Å². The van der Waals surface area contributed by atoms with E-state index >= 15 is 0 Å². The van der Waals surface area contributed by atoms with E-state index in [1.54, 1.807) is 19.2 Å². The van der Waals surface area contributed by atoms with Crippen LogP contribution >= 0.6 is 24.0 Å². The lowest BCUT2D eigenvalue weighted by Crippen LogP contribution is -2.49. The van der Waals surface area contributed by atoms with Crippen molar-refractivity contribution in [3.8, 4) is 0 Å². The fraction of sp³-hybridized carbons (Fsp3) is 0.522. The molecule has 182 valence electrons. The Morgan fingerprint density at radius 3 is 2.42 bits per heavy atom. The molecule has 2 aromatic rings. The Balaban J connectivity index is 0.00000385. The van der Waals surface area contributed by atoms with Gasteiger partial charge in [0.05, 0.1) is 5.69 Å². The summed E-state index contributed by atoms with van der Waals surface area (Å²) in [6.07, 6.45) is 2.00. The Morgan fingerprint density at radius 2 is 1.82 bits per heavy atom. The maximum atomic E-state index is 13.1. The van der Waals surface area contributed by atoms with Crippen LogP contribution in [0.15, 0.2) is 33.8 Å². The molecular formula is C23H34FIN6O2. The van der Waals surface area contributed by atoms with Gasteiger partial charge in [0.25, 0.3) is 0 Å². The molecule has 0 unspecified atom stereocenters. The fourth-order valence-corrected chi connectivity index (χ4v) is 3.84. The van der Waals surface area contributed by atoms with E-state index in [4.69, 9.17) is 4.52 Å². The zero-order chi connectivity index (χ0) is 22.9. The molecule has 8 nitrogen and oxygen atoms in total. The second kappa shape index (κ2) is 13.4. The molecule has 0 aliphatic carbocycles. The van der Waals surface area contributed by atoms with Crippen molar-refractivity contribution in [2.75, 3.05) is 44.7 Å². The Morgan fingerprint density at radius 1 is 1.12 bits per heavy atom. The van der Waals surface area contributed by atoms with Crippen molar-refractivity contribution < 1.29 is 13.7 Å². The molecule has 2 N–H and O–H groups in total. The number of hydrogen-bond donors (Lipinski definition) is 2. The van der Waals surface area contributed by atoms with Crippen molar-refractivity contribution in [3.63, 3.8) is 0 Å². The molecule has 1 aliphatic rings. The minimum Gasteiger partial charge on any atom is -0.368 e. The third kappa shape index (κ3) is 7.31. The summed E-state index contributed by atoms with van der Waals surface area (Å²) >= 11 is 0. The van der Waals surface area contributed by atoms with Crippen molar-refractivity contribution in [2.45, 2.75) is 39.7 Å². The summed E-state index contributed by atoms with van der Waals surface area (Å²) in [4.78, 5) is 20.9. The summed E-state index contributed by atoms with van der Waals surface area (Å²) in [7, 11) is 1.71. The van der Waals surface area contributed by atoms with Gasteiger partial charge in [0.15, 0.2) is 5.96 Å². The number of guanidine groups is 1. The molecule has 10 heteroatoms. The van der Waals surface area contributed by atoms with Crippen LogP contribution < -0.4 is 15.5 Å². The minimum absolute atomic E-state index is 0. The Bertz CT molecular complexity index is 889. The second-order valence-electron chi connectivity index (χ2n) is 7.68. The number of benzene rings is 1. The second-order valence-corrected chi connectivity index (χ2v) is 7.68. The number of amides is 1. The van der Waals surface area contributed by atoms with Gasteiger partial charge in [-0.2, -0.15) is 0 Å². The summed E-state index contributed by atoms with van der Waals surface area (Å²) in [6.45, 7) is 7.99. The van der Waals surface area contributed by atoms with Crippen molar-refractivity contribution in [1.29, 1.82) is 0 Å². The Hall–Kier alpha value is -2.37. The van der Waals surface area contributed by atoms with Crippen molar-refractivity contribution in [1.82, 2.24) is 20.7 Å². The van der Waals surface area contributed by atoms with Crippen LogP contribution in [0.5, 0.6) is 0 Å². The van der Waals surface area contributed by atoms with Crippen LogP contribution in [0.3, 0.4) is 0 Å². The largest absolute Gasteiger partial charge is 0.368 e. The zero-order valence-corrected chi connectivity index (χ0v) is 21.9. The normalized spacial score (nSPS) is 14.1. The van der Waals surface area contributed by atoms with Crippen LogP contribution in [0, 0.1) is 5.82 Å². The first kappa shape index (κ1) is 26.9. The van der Waals surface area contributed by atoms with E-state index in [2.05, 4.69) is 32.6 Å². The number of carbonyl (C=O) groups is 1. The van der Waals surface area contributed by atoms with Crippen LogP contribution in [0.1, 0.15) is 37.3 Å². The first-order chi connectivity index (χ1) is 15.5. The number of nitrogens with zero attached hydrogens (tertiary/aromatic N) is 4. The van der Waals surface area contributed by atoms with Crippen LogP contribution in [-0.2, 0) is 24.2 Å². The third-order valence-corrected chi connectivity index (χ3v) is 5.72. The molecule has 0 bridgehead atoms. The van der Waals surface area contributed by atoms with E-state index < -0.39 is 0 Å². The van der Waals surface area contributed by atoms with Crippen molar-refractivity contribution in [2.24, 2.45) is 4.99 Å². The molecule has 1 saturated heterocycles. The number of nitrogens with one attached hydrogen (secondary N) is 2. The zero-order valence-electron chi connectivity index (χ0n) is 19.6. The highest BCUT2D eigenvalue weighted by Gasteiger charge is 2.21. The van der Waals surface area contributed by atoms with Crippen LogP contribution in [0.4, 0.5) is 10.1 Å². The Kier molecular flexibility index (Phi) is 10.9. The monoisotopic (exact) mass is 572 g/mol. The summed E-state index contributed by atoms with van der Waals surface area (Å²) in [6, 6.07) is 6.49. The SMILES string of the molecule is CCc1noc(CC)c1CNC(=NC)NCCC(=O)N1CCN(c2ccc(F)cc2)CC1.I. The van der Waals surface area contributed by atoms with Gasteiger partial charge in [0, 0.05) is 70.4 Å². The molecule has 1 fully saturated rings. The predicted octanol–water partition coefficient (Wildman–Crippen LogP) is 2.96. The maximum absolute atomic E-state index is 13.1. The van der Waals surface area contributed by atoms with Gasteiger partial charge in [-0.15, -0.1) is 24.0 Å². The van der Waals surface area contributed by atoms with E-state index in [0.717, 1.165) is 48.6 Å². The summed E-state index contributed by atoms with van der Waals surface area (Å²) in [5, 5.41) is 10.6. The molecule has 1 aromatic heterocycles. The molecular weight excluding hydrogens is 538 g/mol. The van der Waals surface area contributed by atoms with Crippen molar-refractivity contribution in [3.05, 3.63) is 47.1 Å². The highest BCUT2D eigenvalue weighted by molar-refractivity contribution is 14.0.